The largest absolute Gasteiger partial charge is 0.478 e. The van der Waals surface area contributed by atoms with Gasteiger partial charge in [-0.05, 0) is 37.3 Å². The minimum absolute atomic E-state index is 0.150. The SMILES string of the molecule is CC1=CC=C2N(c3ccccc3)c3ccccc3OC23CC13. The lowest BCUT2D eigenvalue weighted by Crippen LogP contribution is -2.39. The summed E-state index contributed by atoms with van der Waals surface area (Å²) in [4.78, 5) is 2.36. The smallest absolute Gasteiger partial charge is 0.157 e. The molecule has 1 spiro atoms. The zero-order valence-electron chi connectivity index (χ0n) is 12.5. The number of anilines is 2. The van der Waals surface area contributed by atoms with Gasteiger partial charge in [-0.15, -0.1) is 0 Å². The highest BCUT2D eigenvalue weighted by molar-refractivity contribution is 5.78. The molecule has 0 N–H and O–H groups in total. The highest BCUT2D eigenvalue weighted by atomic mass is 16.5. The van der Waals surface area contributed by atoms with Gasteiger partial charge in [-0.2, -0.15) is 0 Å². The van der Waals surface area contributed by atoms with E-state index >= 15 is 0 Å². The first-order valence-electron chi connectivity index (χ1n) is 7.82. The van der Waals surface area contributed by atoms with E-state index in [1.807, 2.05) is 0 Å². The monoisotopic (exact) mass is 287 g/mol. The summed E-state index contributed by atoms with van der Waals surface area (Å²) in [5.74, 6) is 1.51. The molecule has 0 saturated heterocycles. The molecule has 2 atom stereocenters. The second-order valence-electron chi connectivity index (χ2n) is 6.35. The molecule has 2 unspecified atom stereocenters. The fourth-order valence-electron chi connectivity index (χ4n) is 3.86. The number of para-hydroxylation sites is 3. The molecular weight excluding hydrogens is 270 g/mol. The Bertz CT molecular complexity index is 821. The summed E-state index contributed by atoms with van der Waals surface area (Å²) in [7, 11) is 0. The van der Waals surface area contributed by atoms with Gasteiger partial charge in [-0.1, -0.05) is 42.0 Å². The van der Waals surface area contributed by atoms with Crippen molar-refractivity contribution in [3.8, 4) is 5.75 Å². The van der Waals surface area contributed by atoms with Crippen molar-refractivity contribution in [2.24, 2.45) is 5.92 Å². The van der Waals surface area contributed by atoms with E-state index in [9.17, 15) is 0 Å². The van der Waals surface area contributed by atoms with Crippen LogP contribution < -0.4 is 9.64 Å². The van der Waals surface area contributed by atoms with Gasteiger partial charge < -0.3 is 9.64 Å². The summed E-state index contributed by atoms with van der Waals surface area (Å²) >= 11 is 0. The van der Waals surface area contributed by atoms with Crippen molar-refractivity contribution >= 4 is 11.4 Å². The standard InChI is InChI=1S/C20H17NO/c1-14-11-12-19-20(13-16(14)20)22-18-10-6-5-9-17(18)21(19)15-7-3-2-4-8-15/h2-12,16H,13H2,1H3. The first-order valence-corrected chi connectivity index (χ1v) is 7.82. The van der Waals surface area contributed by atoms with Gasteiger partial charge >= 0.3 is 0 Å². The van der Waals surface area contributed by atoms with Crippen LogP contribution in [0.4, 0.5) is 11.4 Å². The first kappa shape index (κ1) is 12.1. The zero-order valence-corrected chi connectivity index (χ0v) is 12.5. The lowest BCUT2D eigenvalue weighted by molar-refractivity contribution is 0.191. The van der Waals surface area contributed by atoms with Crippen LogP contribution in [0.3, 0.4) is 0 Å². The maximum Gasteiger partial charge on any atom is 0.157 e. The van der Waals surface area contributed by atoms with Crippen LogP contribution in [0.25, 0.3) is 0 Å². The van der Waals surface area contributed by atoms with E-state index in [4.69, 9.17) is 4.74 Å². The molecule has 2 aromatic rings. The second-order valence-corrected chi connectivity index (χ2v) is 6.35. The van der Waals surface area contributed by atoms with Crippen LogP contribution in [0.2, 0.25) is 0 Å². The summed E-state index contributed by atoms with van der Waals surface area (Å²) in [5, 5.41) is 0. The number of ether oxygens (including phenoxy) is 1. The molecule has 2 nitrogen and oxygen atoms in total. The van der Waals surface area contributed by atoms with Crippen LogP contribution in [0.1, 0.15) is 13.3 Å². The number of nitrogens with zero attached hydrogens (tertiary/aromatic N) is 1. The number of benzene rings is 2. The highest BCUT2D eigenvalue weighted by Gasteiger charge is 2.64. The average Bonchev–Trinajstić information content (AvgIpc) is 3.29. The maximum atomic E-state index is 6.47. The van der Waals surface area contributed by atoms with Crippen molar-refractivity contribution in [2.45, 2.75) is 18.9 Å². The Balaban J connectivity index is 1.76. The second kappa shape index (κ2) is 4.04. The van der Waals surface area contributed by atoms with E-state index in [0.29, 0.717) is 5.92 Å². The van der Waals surface area contributed by atoms with Gasteiger partial charge in [-0.3, -0.25) is 0 Å². The van der Waals surface area contributed by atoms with Crippen LogP contribution in [-0.2, 0) is 0 Å². The average molecular weight is 287 g/mol. The number of fused-ring (bicyclic) bond motifs is 1. The summed E-state index contributed by atoms with van der Waals surface area (Å²) in [6, 6.07) is 18.9. The van der Waals surface area contributed by atoms with Crippen molar-refractivity contribution in [3.63, 3.8) is 0 Å². The molecule has 0 amide bonds. The fourth-order valence-corrected chi connectivity index (χ4v) is 3.86. The molecule has 1 aliphatic heterocycles. The Hall–Kier alpha value is -2.48. The lowest BCUT2D eigenvalue weighted by atomic mass is 9.97. The number of hydrogen-bond acceptors (Lipinski definition) is 2. The Morgan fingerprint density at radius 1 is 1.00 bits per heavy atom. The minimum Gasteiger partial charge on any atom is -0.478 e. The highest BCUT2D eigenvalue weighted by Crippen LogP contribution is 2.63. The summed E-state index contributed by atoms with van der Waals surface area (Å²) in [6.45, 7) is 2.21. The molecule has 1 heterocycles. The van der Waals surface area contributed by atoms with E-state index in [1.54, 1.807) is 0 Å². The Morgan fingerprint density at radius 3 is 2.64 bits per heavy atom. The molecule has 108 valence electrons. The van der Waals surface area contributed by atoms with Gasteiger partial charge in [0.25, 0.3) is 0 Å². The summed E-state index contributed by atoms with van der Waals surface area (Å²) in [6.07, 6.45) is 5.57. The molecule has 2 heteroatoms. The zero-order chi connectivity index (χ0) is 14.7. The molecule has 0 aromatic heterocycles. The van der Waals surface area contributed by atoms with E-state index in [2.05, 4.69) is 78.6 Å². The third-order valence-electron chi connectivity index (χ3n) is 5.05. The summed E-state index contributed by atoms with van der Waals surface area (Å²) < 4.78 is 6.47. The van der Waals surface area contributed by atoms with E-state index in [-0.39, 0.29) is 5.60 Å². The predicted molar refractivity (Wildman–Crippen MR) is 88.3 cm³/mol. The van der Waals surface area contributed by atoms with Crippen molar-refractivity contribution in [1.29, 1.82) is 0 Å². The molecule has 1 saturated carbocycles. The maximum absolute atomic E-state index is 6.47. The first-order chi connectivity index (χ1) is 10.8. The molecule has 1 fully saturated rings. The molecule has 0 radical (unpaired) electrons. The van der Waals surface area contributed by atoms with Gasteiger partial charge in [0.05, 0.1) is 11.4 Å². The predicted octanol–water partition coefficient (Wildman–Crippen LogP) is 4.82. The molecule has 22 heavy (non-hydrogen) atoms. The molecule has 2 aliphatic carbocycles. The van der Waals surface area contributed by atoms with Gasteiger partial charge in [0, 0.05) is 18.0 Å². The van der Waals surface area contributed by atoms with E-state index in [0.717, 1.165) is 17.9 Å². The van der Waals surface area contributed by atoms with Crippen molar-refractivity contribution in [3.05, 3.63) is 78.0 Å². The third-order valence-corrected chi connectivity index (χ3v) is 5.05. The summed E-state index contributed by atoms with van der Waals surface area (Å²) in [5.41, 5.74) is 4.87. The number of hydrogen-bond donors (Lipinski definition) is 0. The topological polar surface area (TPSA) is 12.5 Å². The minimum atomic E-state index is -0.150. The van der Waals surface area contributed by atoms with Crippen LogP contribution in [0.15, 0.2) is 78.0 Å². The quantitative estimate of drug-likeness (QED) is 0.745. The van der Waals surface area contributed by atoms with Gasteiger partial charge in [0.2, 0.25) is 0 Å². The Morgan fingerprint density at radius 2 is 1.77 bits per heavy atom. The van der Waals surface area contributed by atoms with Crippen molar-refractivity contribution < 1.29 is 4.74 Å². The van der Waals surface area contributed by atoms with Crippen LogP contribution >= 0.6 is 0 Å². The van der Waals surface area contributed by atoms with Gasteiger partial charge in [-0.25, -0.2) is 0 Å². The van der Waals surface area contributed by atoms with Gasteiger partial charge in [0.1, 0.15) is 5.75 Å². The molecule has 0 bridgehead atoms. The van der Waals surface area contributed by atoms with E-state index in [1.165, 1.54) is 17.0 Å². The molecule has 3 aliphatic rings. The van der Waals surface area contributed by atoms with Gasteiger partial charge in [0.15, 0.2) is 5.60 Å². The van der Waals surface area contributed by atoms with Crippen LogP contribution in [0.5, 0.6) is 5.75 Å². The third kappa shape index (κ3) is 1.45. The Kier molecular flexibility index (Phi) is 2.22. The van der Waals surface area contributed by atoms with Crippen molar-refractivity contribution in [1.82, 2.24) is 0 Å². The fraction of sp³-hybridized carbons (Fsp3) is 0.200. The number of allylic oxidation sites excluding steroid dienone is 2. The normalized spacial score (nSPS) is 27.7. The molecule has 2 aromatic carbocycles. The lowest BCUT2D eigenvalue weighted by Gasteiger charge is -2.41. The molecule has 5 rings (SSSR count). The Labute approximate surface area is 130 Å². The van der Waals surface area contributed by atoms with Crippen LogP contribution in [0, 0.1) is 5.92 Å². The number of rotatable bonds is 1. The van der Waals surface area contributed by atoms with Crippen molar-refractivity contribution in [2.75, 3.05) is 4.90 Å². The molecular formula is C20H17NO. The van der Waals surface area contributed by atoms with Crippen LogP contribution in [-0.4, -0.2) is 5.60 Å². The van der Waals surface area contributed by atoms with E-state index < -0.39 is 0 Å².